The SMILES string of the molecule is CNCCS(=S)CC1NCCN1C. The zero-order valence-corrected chi connectivity index (χ0v) is 10.0. The summed E-state index contributed by atoms with van der Waals surface area (Å²) in [5.74, 6) is 2.24. The van der Waals surface area contributed by atoms with Crippen LogP contribution in [0.15, 0.2) is 0 Å². The van der Waals surface area contributed by atoms with E-state index in [4.69, 9.17) is 11.2 Å². The maximum atomic E-state index is 5.41. The second-order valence-electron chi connectivity index (χ2n) is 3.36. The molecule has 3 nitrogen and oxygen atoms in total. The number of likely N-dealkylation sites (N-methyl/N-ethyl adjacent to an activating group) is 1. The first kappa shape index (κ1) is 11.5. The molecule has 2 atom stereocenters. The molecule has 1 rings (SSSR count). The van der Waals surface area contributed by atoms with E-state index in [0.717, 1.165) is 31.1 Å². The topological polar surface area (TPSA) is 27.3 Å². The van der Waals surface area contributed by atoms with Crippen LogP contribution in [0.5, 0.6) is 0 Å². The molecule has 0 spiro atoms. The highest BCUT2D eigenvalue weighted by atomic mass is 32.8. The van der Waals surface area contributed by atoms with Crippen LogP contribution in [0.25, 0.3) is 0 Å². The third-order valence-corrected chi connectivity index (χ3v) is 4.56. The zero-order chi connectivity index (χ0) is 9.68. The molecule has 13 heavy (non-hydrogen) atoms. The molecule has 0 radical (unpaired) electrons. The Balaban J connectivity index is 2.19. The molecule has 0 bridgehead atoms. The minimum Gasteiger partial charge on any atom is -0.319 e. The van der Waals surface area contributed by atoms with Crippen molar-refractivity contribution in [1.82, 2.24) is 15.5 Å². The molecule has 1 aliphatic rings. The first-order chi connectivity index (χ1) is 6.24. The molecular formula is C8H19N3S2. The molecule has 0 amide bonds. The largest absolute Gasteiger partial charge is 0.319 e. The molecule has 78 valence electrons. The Hall–Kier alpha value is 0.450. The van der Waals surface area contributed by atoms with Crippen molar-refractivity contribution in [2.75, 3.05) is 45.2 Å². The molecule has 1 heterocycles. The predicted octanol–water partition coefficient (Wildman–Crippen LogP) is -0.853. The van der Waals surface area contributed by atoms with Crippen molar-refractivity contribution in [3.63, 3.8) is 0 Å². The summed E-state index contributed by atoms with van der Waals surface area (Å²) in [4.78, 5) is 2.35. The van der Waals surface area contributed by atoms with E-state index >= 15 is 0 Å². The molecule has 2 N–H and O–H groups in total. The van der Waals surface area contributed by atoms with Crippen LogP contribution in [-0.4, -0.2) is 56.3 Å². The lowest BCUT2D eigenvalue weighted by Gasteiger charge is -2.19. The van der Waals surface area contributed by atoms with Gasteiger partial charge in [0.2, 0.25) is 0 Å². The van der Waals surface area contributed by atoms with Crippen LogP contribution < -0.4 is 10.6 Å². The molecular weight excluding hydrogens is 202 g/mol. The molecule has 2 unspecified atom stereocenters. The van der Waals surface area contributed by atoms with Crippen LogP contribution in [-0.2, 0) is 20.6 Å². The van der Waals surface area contributed by atoms with Gasteiger partial charge in [0.25, 0.3) is 0 Å². The Morgan fingerprint density at radius 1 is 1.69 bits per heavy atom. The van der Waals surface area contributed by atoms with Gasteiger partial charge in [-0.05, 0) is 14.1 Å². The second-order valence-corrected chi connectivity index (χ2v) is 6.40. The van der Waals surface area contributed by atoms with E-state index < -0.39 is 0 Å². The Morgan fingerprint density at radius 3 is 3.00 bits per heavy atom. The van der Waals surface area contributed by atoms with Gasteiger partial charge in [0.1, 0.15) is 0 Å². The number of rotatable bonds is 5. The van der Waals surface area contributed by atoms with E-state index in [2.05, 4.69) is 22.6 Å². The van der Waals surface area contributed by atoms with Gasteiger partial charge in [0.15, 0.2) is 0 Å². The fourth-order valence-electron chi connectivity index (χ4n) is 1.38. The first-order valence-corrected chi connectivity index (χ1v) is 7.16. The monoisotopic (exact) mass is 221 g/mol. The fraction of sp³-hybridized carbons (Fsp3) is 1.00. The minimum absolute atomic E-state index is 0.136. The summed E-state index contributed by atoms with van der Waals surface area (Å²) in [5, 5.41) is 6.60. The van der Waals surface area contributed by atoms with Crippen molar-refractivity contribution in [2.45, 2.75) is 6.17 Å². The lowest BCUT2D eigenvalue weighted by atomic mass is 10.5. The molecule has 0 aliphatic carbocycles. The molecule has 0 aromatic rings. The van der Waals surface area contributed by atoms with Crippen molar-refractivity contribution >= 4 is 20.6 Å². The van der Waals surface area contributed by atoms with Gasteiger partial charge in [0.05, 0.1) is 6.17 Å². The van der Waals surface area contributed by atoms with E-state index in [1.54, 1.807) is 0 Å². The summed E-state index contributed by atoms with van der Waals surface area (Å²) in [7, 11) is 4.28. The van der Waals surface area contributed by atoms with Gasteiger partial charge in [-0.3, -0.25) is 10.2 Å². The van der Waals surface area contributed by atoms with Crippen LogP contribution in [0.4, 0.5) is 0 Å². The lowest BCUT2D eigenvalue weighted by Crippen LogP contribution is -2.38. The second kappa shape index (κ2) is 6.03. The van der Waals surface area contributed by atoms with Gasteiger partial charge in [-0.2, -0.15) is 0 Å². The van der Waals surface area contributed by atoms with Gasteiger partial charge in [-0.1, -0.05) is 11.2 Å². The average Bonchev–Trinajstić information content (AvgIpc) is 2.48. The minimum atomic E-state index is 0.136. The van der Waals surface area contributed by atoms with E-state index in [1.807, 2.05) is 7.05 Å². The molecule has 1 aliphatic heterocycles. The Labute approximate surface area is 87.8 Å². The fourth-order valence-corrected chi connectivity index (χ4v) is 3.34. The highest BCUT2D eigenvalue weighted by Crippen LogP contribution is 2.01. The number of nitrogens with one attached hydrogen (secondary N) is 2. The molecule has 5 heteroatoms. The standard InChI is InChI=1S/C8H19N3S2/c1-9-4-6-13(12)7-8-10-3-5-11(8)2/h8-10H,3-7H2,1-2H3. The van der Waals surface area contributed by atoms with Gasteiger partial charge < -0.3 is 5.32 Å². The molecule has 0 aromatic heterocycles. The quantitative estimate of drug-likeness (QED) is 0.632. The van der Waals surface area contributed by atoms with Gasteiger partial charge in [-0.15, -0.1) is 9.45 Å². The molecule has 1 fully saturated rings. The van der Waals surface area contributed by atoms with E-state index in [-0.39, 0.29) is 9.45 Å². The van der Waals surface area contributed by atoms with Crippen LogP contribution in [0.2, 0.25) is 0 Å². The van der Waals surface area contributed by atoms with Crippen molar-refractivity contribution < 1.29 is 0 Å². The van der Waals surface area contributed by atoms with Crippen LogP contribution in [0.1, 0.15) is 0 Å². The number of hydrogen-bond donors (Lipinski definition) is 2. The summed E-state index contributed by atoms with van der Waals surface area (Å²) in [5.41, 5.74) is 0. The van der Waals surface area contributed by atoms with Crippen LogP contribution >= 0.6 is 0 Å². The first-order valence-electron chi connectivity index (χ1n) is 4.67. The number of hydrogen-bond acceptors (Lipinski definition) is 4. The summed E-state index contributed by atoms with van der Waals surface area (Å²) in [6.45, 7) is 3.31. The van der Waals surface area contributed by atoms with Gasteiger partial charge >= 0.3 is 0 Å². The maximum Gasteiger partial charge on any atom is 0.0691 e. The Kier molecular flexibility index (Phi) is 5.35. The normalized spacial score (nSPS) is 26.5. The van der Waals surface area contributed by atoms with Gasteiger partial charge in [0, 0.05) is 31.1 Å². The maximum absolute atomic E-state index is 5.41. The highest BCUT2D eigenvalue weighted by molar-refractivity contribution is 8.28. The summed E-state index contributed by atoms with van der Waals surface area (Å²) in [6.07, 6.45) is 0.526. The van der Waals surface area contributed by atoms with Crippen LogP contribution in [0, 0.1) is 0 Å². The third-order valence-electron chi connectivity index (χ3n) is 2.30. The predicted molar refractivity (Wildman–Crippen MR) is 62.8 cm³/mol. The van der Waals surface area contributed by atoms with E-state index in [1.165, 1.54) is 0 Å². The van der Waals surface area contributed by atoms with Crippen molar-refractivity contribution in [3.8, 4) is 0 Å². The lowest BCUT2D eigenvalue weighted by molar-refractivity contribution is 0.320. The molecule has 0 saturated carbocycles. The van der Waals surface area contributed by atoms with E-state index in [9.17, 15) is 0 Å². The summed E-state index contributed by atoms with van der Waals surface area (Å²) >= 11 is 5.41. The van der Waals surface area contributed by atoms with Gasteiger partial charge in [-0.25, -0.2) is 0 Å². The van der Waals surface area contributed by atoms with Crippen LogP contribution in [0.3, 0.4) is 0 Å². The summed E-state index contributed by atoms with van der Waals surface area (Å²) in [6, 6.07) is 0. The smallest absolute Gasteiger partial charge is 0.0691 e. The highest BCUT2D eigenvalue weighted by Gasteiger charge is 2.20. The summed E-state index contributed by atoms with van der Waals surface area (Å²) < 4.78 is 0. The molecule has 0 aromatic carbocycles. The van der Waals surface area contributed by atoms with Crippen molar-refractivity contribution in [1.29, 1.82) is 0 Å². The Morgan fingerprint density at radius 2 is 2.46 bits per heavy atom. The van der Waals surface area contributed by atoms with Crippen molar-refractivity contribution in [2.24, 2.45) is 0 Å². The van der Waals surface area contributed by atoms with Crippen molar-refractivity contribution in [3.05, 3.63) is 0 Å². The number of nitrogens with zero attached hydrogens (tertiary/aromatic N) is 1. The average molecular weight is 221 g/mol. The zero-order valence-electron chi connectivity index (χ0n) is 8.38. The Bertz CT molecular complexity index is 175. The van der Waals surface area contributed by atoms with E-state index in [0.29, 0.717) is 6.17 Å². The molecule has 1 saturated heterocycles. The third kappa shape index (κ3) is 3.99.